The standard InChI is InChI=1S/C12H23F3N2O/c1-9(2)16-7-10-5-3-4-6-17(10)8-11(18)12(13,14)15/h9-11,16,18H,3-8H2,1-2H3. The Morgan fingerprint density at radius 2 is 2.00 bits per heavy atom. The van der Waals surface area contributed by atoms with Gasteiger partial charge in [-0.3, -0.25) is 4.90 Å². The first-order chi connectivity index (χ1) is 8.30. The highest BCUT2D eigenvalue weighted by Gasteiger charge is 2.40. The number of rotatable bonds is 5. The number of alkyl halides is 3. The maximum Gasteiger partial charge on any atom is 0.415 e. The van der Waals surface area contributed by atoms with Gasteiger partial charge in [0.2, 0.25) is 0 Å². The molecule has 2 N–H and O–H groups in total. The molecule has 0 radical (unpaired) electrons. The summed E-state index contributed by atoms with van der Waals surface area (Å²) in [7, 11) is 0. The van der Waals surface area contributed by atoms with E-state index in [2.05, 4.69) is 5.32 Å². The molecule has 0 saturated carbocycles. The van der Waals surface area contributed by atoms with Crippen LogP contribution >= 0.6 is 0 Å². The molecule has 1 aliphatic rings. The zero-order valence-electron chi connectivity index (χ0n) is 11.0. The Morgan fingerprint density at radius 3 is 2.56 bits per heavy atom. The molecular formula is C12H23F3N2O. The molecule has 1 saturated heterocycles. The van der Waals surface area contributed by atoms with Crippen LogP contribution in [0.3, 0.4) is 0 Å². The van der Waals surface area contributed by atoms with Crippen LogP contribution in [0, 0.1) is 0 Å². The first-order valence-corrected chi connectivity index (χ1v) is 6.53. The molecule has 0 aromatic heterocycles. The molecule has 0 amide bonds. The largest absolute Gasteiger partial charge is 0.415 e. The second-order valence-corrected chi connectivity index (χ2v) is 5.26. The van der Waals surface area contributed by atoms with Gasteiger partial charge < -0.3 is 10.4 Å². The van der Waals surface area contributed by atoms with Gasteiger partial charge in [0.05, 0.1) is 0 Å². The predicted octanol–water partition coefficient (Wildman–Crippen LogP) is 1.76. The molecule has 1 aliphatic heterocycles. The summed E-state index contributed by atoms with van der Waals surface area (Å²) < 4.78 is 37.1. The number of nitrogens with zero attached hydrogens (tertiary/aromatic N) is 1. The van der Waals surface area contributed by atoms with Crippen molar-refractivity contribution in [1.82, 2.24) is 10.2 Å². The van der Waals surface area contributed by atoms with E-state index in [1.165, 1.54) is 0 Å². The lowest BCUT2D eigenvalue weighted by molar-refractivity contribution is -0.210. The Kier molecular flexibility index (Phi) is 5.88. The van der Waals surface area contributed by atoms with Crippen LogP contribution in [0.15, 0.2) is 0 Å². The molecule has 6 heteroatoms. The van der Waals surface area contributed by atoms with Crippen LogP contribution in [0.2, 0.25) is 0 Å². The zero-order chi connectivity index (χ0) is 13.8. The molecule has 0 spiro atoms. The van der Waals surface area contributed by atoms with Crippen LogP contribution in [-0.4, -0.2) is 54.0 Å². The lowest BCUT2D eigenvalue weighted by Gasteiger charge is -2.37. The van der Waals surface area contributed by atoms with Gasteiger partial charge in [0.15, 0.2) is 6.10 Å². The molecule has 1 heterocycles. The van der Waals surface area contributed by atoms with E-state index in [4.69, 9.17) is 5.11 Å². The molecule has 0 aromatic carbocycles. The molecule has 18 heavy (non-hydrogen) atoms. The van der Waals surface area contributed by atoms with Gasteiger partial charge in [-0.2, -0.15) is 13.2 Å². The number of hydrogen-bond acceptors (Lipinski definition) is 3. The first-order valence-electron chi connectivity index (χ1n) is 6.53. The molecule has 0 bridgehead atoms. The fourth-order valence-corrected chi connectivity index (χ4v) is 2.23. The van der Waals surface area contributed by atoms with Crippen molar-refractivity contribution >= 4 is 0 Å². The smallest absolute Gasteiger partial charge is 0.382 e. The highest BCUT2D eigenvalue weighted by atomic mass is 19.4. The van der Waals surface area contributed by atoms with E-state index in [0.717, 1.165) is 19.3 Å². The molecule has 0 aromatic rings. The van der Waals surface area contributed by atoms with Crippen molar-refractivity contribution < 1.29 is 18.3 Å². The summed E-state index contributed by atoms with van der Waals surface area (Å²) in [5, 5.41) is 12.4. The van der Waals surface area contributed by atoms with Gasteiger partial charge in [-0.25, -0.2) is 0 Å². The lowest BCUT2D eigenvalue weighted by atomic mass is 10.0. The number of β-amino-alcohol motifs (C(OH)–C–C–N with tert-alkyl or cyclic N) is 1. The van der Waals surface area contributed by atoms with E-state index < -0.39 is 12.3 Å². The van der Waals surface area contributed by atoms with E-state index in [1.807, 2.05) is 13.8 Å². The Morgan fingerprint density at radius 1 is 1.33 bits per heavy atom. The normalized spacial score (nSPS) is 24.5. The number of aliphatic hydroxyl groups is 1. The van der Waals surface area contributed by atoms with Gasteiger partial charge in [0.1, 0.15) is 0 Å². The molecule has 2 atom stereocenters. The molecular weight excluding hydrogens is 245 g/mol. The van der Waals surface area contributed by atoms with Crippen molar-refractivity contribution in [3.63, 3.8) is 0 Å². The van der Waals surface area contributed by atoms with Crippen LogP contribution in [0.5, 0.6) is 0 Å². The first kappa shape index (κ1) is 15.7. The van der Waals surface area contributed by atoms with Crippen molar-refractivity contribution in [2.45, 2.75) is 57.5 Å². The summed E-state index contributed by atoms with van der Waals surface area (Å²) in [5.74, 6) is 0. The van der Waals surface area contributed by atoms with Gasteiger partial charge in [-0.1, -0.05) is 20.3 Å². The van der Waals surface area contributed by atoms with Gasteiger partial charge in [-0.15, -0.1) is 0 Å². The monoisotopic (exact) mass is 268 g/mol. The van der Waals surface area contributed by atoms with Crippen LogP contribution in [0.1, 0.15) is 33.1 Å². The Hall–Kier alpha value is -0.330. The summed E-state index contributed by atoms with van der Waals surface area (Å²) in [5.41, 5.74) is 0. The number of aliphatic hydroxyl groups excluding tert-OH is 1. The molecule has 0 aliphatic carbocycles. The average molecular weight is 268 g/mol. The third-order valence-corrected chi connectivity index (χ3v) is 3.30. The minimum atomic E-state index is -4.52. The zero-order valence-corrected chi connectivity index (χ0v) is 11.0. The van der Waals surface area contributed by atoms with Crippen molar-refractivity contribution in [3.05, 3.63) is 0 Å². The highest BCUT2D eigenvalue weighted by molar-refractivity contribution is 4.82. The van der Waals surface area contributed by atoms with Gasteiger partial charge >= 0.3 is 6.18 Å². The van der Waals surface area contributed by atoms with Gasteiger partial charge in [0.25, 0.3) is 0 Å². The second-order valence-electron chi connectivity index (χ2n) is 5.26. The summed E-state index contributed by atoms with van der Waals surface area (Å²) in [6.07, 6.45) is -3.92. The summed E-state index contributed by atoms with van der Waals surface area (Å²) in [6, 6.07) is 0.416. The topological polar surface area (TPSA) is 35.5 Å². The average Bonchev–Trinajstić information content (AvgIpc) is 2.26. The third kappa shape index (κ3) is 5.12. The second kappa shape index (κ2) is 6.73. The quantitative estimate of drug-likeness (QED) is 0.797. The maximum atomic E-state index is 12.4. The van der Waals surface area contributed by atoms with Crippen LogP contribution in [0.4, 0.5) is 13.2 Å². The minimum absolute atomic E-state index is 0.0955. The molecule has 1 rings (SSSR count). The van der Waals surface area contributed by atoms with Crippen molar-refractivity contribution in [1.29, 1.82) is 0 Å². The Balaban J connectivity index is 2.49. The number of hydrogen-bond donors (Lipinski definition) is 2. The number of halogens is 3. The molecule has 1 fully saturated rings. The summed E-state index contributed by atoms with van der Waals surface area (Å²) >= 11 is 0. The highest BCUT2D eigenvalue weighted by Crippen LogP contribution is 2.24. The fraction of sp³-hybridized carbons (Fsp3) is 1.00. The number of likely N-dealkylation sites (tertiary alicyclic amines) is 1. The third-order valence-electron chi connectivity index (χ3n) is 3.30. The predicted molar refractivity (Wildman–Crippen MR) is 64.4 cm³/mol. The van der Waals surface area contributed by atoms with E-state index in [0.29, 0.717) is 19.1 Å². The van der Waals surface area contributed by atoms with Gasteiger partial charge in [-0.05, 0) is 19.4 Å². The van der Waals surface area contributed by atoms with Crippen molar-refractivity contribution in [2.24, 2.45) is 0 Å². The maximum absolute atomic E-state index is 12.4. The van der Waals surface area contributed by atoms with E-state index in [1.54, 1.807) is 4.90 Å². The Bertz CT molecular complexity index is 246. The summed E-state index contributed by atoms with van der Waals surface area (Å²) in [6.45, 7) is 5.03. The van der Waals surface area contributed by atoms with E-state index in [-0.39, 0.29) is 12.6 Å². The fourth-order valence-electron chi connectivity index (χ4n) is 2.23. The van der Waals surface area contributed by atoms with Crippen molar-refractivity contribution in [2.75, 3.05) is 19.6 Å². The number of piperidine rings is 1. The minimum Gasteiger partial charge on any atom is -0.382 e. The van der Waals surface area contributed by atoms with Gasteiger partial charge in [0, 0.05) is 25.2 Å². The summed E-state index contributed by atoms with van der Waals surface area (Å²) in [4.78, 5) is 1.76. The van der Waals surface area contributed by atoms with Crippen LogP contribution < -0.4 is 5.32 Å². The van der Waals surface area contributed by atoms with E-state index in [9.17, 15) is 13.2 Å². The Labute approximate surface area is 106 Å². The van der Waals surface area contributed by atoms with Crippen LogP contribution in [0.25, 0.3) is 0 Å². The van der Waals surface area contributed by atoms with E-state index >= 15 is 0 Å². The molecule has 108 valence electrons. The molecule has 3 nitrogen and oxygen atoms in total. The van der Waals surface area contributed by atoms with Crippen LogP contribution in [-0.2, 0) is 0 Å². The SMILES string of the molecule is CC(C)NCC1CCCCN1CC(O)C(F)(F)F. The number of nitrogens with one attached hydrogen (secondary N) is 1. The molecule has 2 unspecified atom stereocenters. The lowest BCUT2D eigenvalue weighted by Crippen LogP contribution is -2.51. The van der Waals surface area contributed by atoms with Crippen molar-refractivity contribution in [3.8, 4) is 0 Å².